The summed E-state index contributed by atoms with van der Waals surface area (Å²) in [6, 6.07) is 9.55. The molecule has 0 aromatic heterocycles. The summed E-state index contributed by atoms with van der Waals surface area (Å²) in [5.41, 5.74) is 0.852. The van der Waals surface area contributed by atoms with Crippen molar-refractivity contribution in [2.75, 3.05) is 45.4 Å². The Morgan fingerprint density at radius 3 is 2.65 bits per heavy atom. The summed E-state index contributed by atoms with van der Waals surface area (Å²) in [6.07, 6.45) is 1.60. The number of hydrogen-bond acceptors (Lipinski definition) is 4. The topological polar surface area (TPSA) is 59.1 Å². The summed E-state index contributed by atoms with van der Waals surface area (Å²) in [5.74, 6) is 0.151. The lowest BCUT2D eigenvalue weighted by atomic mass is 9.97. The molecular weight excluding hydrogens is 296 g/mol. The minimum absolute atomic E-state index is 0.0440. The average Bonchev–Trinajstić information content (AvgIpc) is 2.60. The van der Waals surface area contributed by atoms with Crippen molar-refractivity contribution in [1.29, 1.82) is 0 Å². The van der Waals surface area contributed by atoms with Gasteiger partial charge >= 0.3 is 6.09 Å². The Bertz CT molecular complexity index is 521. The molecule has 0 N–H and O–H groups in total. The van der Waals surface area contributed by atoms with Gasteiger partial charge in [0.05, 0.1) is 7.11 Å². The van der Waals surface area contributed by atoms with E-state index < -0.39 is 0 Å². The van der Waals surface area contributed by atoms with Gasteiger partial charge in [0.2, 0.25) is 0 Å². The fraction of sp³-hybridized carbons (Fsp3) is 0.529. The van der Waals surface area contributed by atoms with Crippen LogP contribution in [0.25, 0.3) is 0 Å². The first-order valence-electron chi connectivity index (χ1n) is 7.83. The van der Waals surface area contributed by atoms with Gasteiger partial charge in [0.15, 0.2) is 0 Å². The van der Waals surface area contributed by atoms with Crippen LogP contribution in [-0.2, 0) is 14.3 Å². The molecule has 2 amide bonds. The van der Waals surface area contributed by atoms with Crippen LogP contribution < -0.4 is 4.90 Å². The van der Waals surface area contributed by atoms with E-state index in [0.29, 0.717) is 19.6 Å². The molecule has 1 aliphatic heterocycles. The minimum Gasteiger partial charge on any atom is -0.453 e. The molecule has 6 heteroatoms. The Labute approximate surface area is 137 Å². The molecule has 1 aromatic rings. The molecule has 1 heterocycles. The highest BCUT2D eigenvalue weighted by atomic mass is 16.5. The molecule has 0 radical (unpaired) electrons. The lowest BCUT2D eigenvalue weighted by Gasteiger charge is -2.35. The highest BCUT2D eigenvalue weighted by molar-refractivity contribution is 5.94. The number of likely N-dealkylation sites (tertiary alicyclic amines) is 1. The van der Waals surface area contributed by atoms with Crippen LogP contribution in [0.3, 0.4) is 0 Å². The lowest BCUT2D eigenvalue weighted by molar-refractivity contribution is -0.122. The molecular formula is C17H24N2O4. The molecule has 1 saturated heterocycles. The van der Waals surface area contributed by atoms with Gasteiger partial charge in [-0.15, -0.1) is 0 Å². The number of amides is 2. The predicted molar refractivity (Wildman–Crippen MR) is 87.4 cm³/mol. The molecule has 1 atom stereocenters. The van der Waals surface area contributed by atoms with Crippen LogP contribution in [0, 0.1) is 5.92 Å². The van der Waals surface area contributed by atoms with Crippen LogP contribution in [0.1, 0.15) is 12.8 Å². The second-order valence-corrected chi connectivity index (χ2v) is 5.70. The number of nitrogens with zero attached hydrogens (tertiary/aromatic N) is 2. The van der Waals surface area contributed by atoms with Crippen molar-refractivity contribution in [3.8, 4) is 0 Å². The lowest BCUT2D eigenvalue weighted by Crippen LogP contribution is -2.45. The first kappa shape index (κ1) is 17.3. The number of methoxy groups -OCH3 is 2. The van der Waals surface area contributed by atoms with Gasteiger partial charge < -0.3 is 19.3 Å². The number of anilines is 1. The van der Waals surface area contributed by atoms with Crippen LogP contribution in [0.4, 0.5) is 10.5 Å². The van der Waals surface area contributed by atoms with Crippen LogP contribution in [-0.4, -0.2) is 57.4 Å². The standard InChI is InChI=1S/C17H24N2O4/c1-22-13-16(20)19(15-8-4-3-5-9-15)12-14-7-6-10-18(11-14)17(21)23-2/h3-5,8-9,14H,6-7,10-13H2,1-2H3. The molecule has 2 rings (SSSR count). The molecule has 1 aliphatic rings. The van der Waals surface area contributed by atoms with E-state index in [4.69, 9.17) is 9.47 Å². The van der Waals surface area contributed by atoms with E-state index in [1.165, 1.54) is 14.2 Å². The molecule has 6 nitrogen and oxygen atoms in total. The van der Waals surface area contributed by atoms with Gasteiger partial charge in [0, 0.05) is 32.4 Å². The van der Waals surface area contributed by atoms with Gasteiger partial charge in [0.1, 0.15) is 6.61 Å². The van der Waals surface area contributed by atoms with Gasteiger partial charge in [-0.25, -0.2) is 4.79 Å². The number of carbonyl (C=O) groups excluding carboxylic acids is 2. The zero-order chi connectivity index (χ0) is 16.7. The highest BCUT2D eigenvalue weighted by Gasteiger charge is 2.27. The molecule has 1 fully saturated rings. The van der Waals surface area contributed by atoms with Gasteiger partial charge in [-0.1, -0.05) is 18.2 Å². The molecule has 1 unspecified atom stereocenters. The molecule has 126 valence electrons. The molecule has 0 saturated carbocycles. The third kappa shape index (κ3) is 4.69. The van der Waals surface area contributed by atoms with Crippen molar-refractivity contribution < 1.29 is 19.1 Å². The largest absolute Gasteiger partial charge is 0.453 e. The third-order valence-electron chi connectivity index (χ3n) is 4.03. The van der Waals surface area contributed by atoms with Crippen LogP contribution >= 0.6 is 0 Å². The number of carbonyl (C=O) groups is 2. The second-order valence-electron chi connectivity index (χ2n) is 5.70. The molecule has 0 spiro atoms. The Kier molecular flexibility index (Phi) is 6.40. The van der Waals surface area contributed by atoms with Crippen molar-refractivity contribution in [3.63, 3.8) is 0 Å². The van der Waals surface area contributed by atoms with Crippen molar-refractivity contribution in [2.24, 2.45) is 5.92 Å². The normalized spacial score (nSPS) is 17.7. The summed E-state index contributed by atoms with van der Waals surface area (Å²) in [7, 11) is 2.91. The molecule has 0 bridgehead atoms. The van der Waals surface area contributed by atoms with E-state index in [1.54, 1.807) is 9.80 Å². The Hall–Kier alpha value is -2.08. The van der Waals surface area contributed by atoms with E-state index in [-0.39, 0.29) is 24.5 Å². The number of benzene rings is 1. The SMILES string of the molecule is COCC(=O)N(CC1CCCN(C(=O)OC)C1)c1ccccc1. The molecule has 1 aromatic carbocycles. The quantitative estimate of drug-likeness (QED) is 0.834. The monoisotopic (exact) mass is 320 g/mol. The van der Waals surface area contributed by atoms with Crippen molar-refractivity contribution >= 4 is 17.7 Å². The molecule has 0 aliphatic carbocycles. The zero-order valence-corrected chi connectivity index (χ0v) is 13.7. The van der Waals surface area contributed by atoms with Gasteiger partial charge in [-0.3, -0.25) is 4.79 Å². The average molecular weight is 320 g/mol. The summed E-state index contributed by atoms with van der Waals surface area (Å²) in [6.45, 7) is 1.93. The number of ether oxygens (including phenoxy) is 2. The number of para-hydroxylation sites is 1. The molecule has 23 heavy (non-hydrogen) atoms. The highest BCUT2D eigenvalue weighted by Crippen LogP contribution is 2.22. The Morgan fingerprint density at radius 1 is 1.26 bits per heavy atom. The number of piperidine rings is 1. The predicted octanol–water partition coefficient (Wildman–Crippen LogP) is 2.14. The van der Waals surface area contributed by atoms with E-state index in [9.17, 15) is 9.59 Å². The van der Waals surface area contributed by atoms with Crippen molar-refractivity contribution in [1.82, 2.24) is 4.90 Å². The minimum atomic E-state index is -0.302. The maximum absolute atomic E-state index is 12.4. The van der Waals surface area contributed by atoms with Gasteiger partial charge in [-0.05, 0) is 30.9 Å². The second kappa shape index (κ2) is 8.53. The first-order chi connectivity index (χ1) is 11.2. The smallest absolute Gasteiger partial charge is 0.409 e. The fourth-order valence-electron chi connectivity index (χ4n) is 2.93. The summed E-state index contributed by atoms with van der Waals surface area (Å²) < 4.78 is 9.80. The van der Waals surface area contributed by atoms with Crippen LogP contribution in [0.5, 0.6) is 0 Å². The van der Waals surface area contributed by atoms with E-state index in [0.717, 1.165) is 18.5 Å². The Morgan fingerprint density at radius 2 is 2.00 bits per heavy atom. The maximum Gasteiger partial charge on any atom is 0.409 e. The van der Waals surface area contributed by atoms with Crippen molar-refractivity contribution in [2.45, 2.75) is 12.8 Å². The fourth-order valence-corrected chi connectivity index (χ4v) is 2.93. The number of hydrogen-bond donors (Lipinski definition) is 0. The van der Waals surface area contributed by atoms with Crippen molar-refractivity contribution in [3.05, 3.63) is 30.3 Å². The summed E-state index contributed by atoms with van der Waals surface area (Å²) in [5, 5.41) is 0. The summed E-state index contributed by atoms with van der Waals surface area (Å²) in [4.78, 5) is 27.5. The van der Waals surface area contributed by atoms with E-state index >= 15 is 0 Å². The van der Waals surface area contributed by atoms with Gasteiger partial charge in [-0.2, -0.15) is 0 Å². The van der Waals surface area contributed by atoms with Crippen LogP contribution in [0.15, 0.2) is 30.3 Å². The van der Waals surface area contributed by atoms with E-state index in [1.807, 2.05) is 30.3 Å². The van der Waals surface area contributed by atoms with Gasteiger partial charge in [0.25, 0.3) is 5.91 Å². The number of rotatable bonds is 5. The third-order valence-corrected chi connectivity index (χ3v) is 4.03. The Balaban J connectivity index is 2.08. The van der Waals surface area contributed by atoms with E-state index in [2.05, 4.69) is 0 Å². The maximum atomic E-state index is 12.4. The first-order valence-corrected chi connectivity index (χ1v) is 7.83. The van der Waals surface area contributed by atoms with Crippen LogP contribution in [0.2, 0.25) is 0 Å². The summed E-state index contributed by atoms with van der Waals surface area (Å²) >= 11 is 0. The zero-order valence-electron chi connectivity index (χ0n) is 13.7.